The van der Waals surface area contributed by atoms with E-state index in [4.69, 9.17) is 28.3 Å². The Morgan fingerprint density at radius 2 is 1.76 bits per heavy atom. The molecule has 1 nitrogen and oxygen atoms in total. The van der Waals surface area contributed by atoms with Crippen LogP contribution >= 0.6 is 23.2 Å². The summed E-state index contributed by atoms with van der Waals surface area (Å²) in [6.45, 7) is 0.668. The van der Waals surface area contributed by atoms with E-state index in [0.717, 1.165) is 6.08 Å². The minimum Gasteiger partial charge on any atom is -0.377 e. The summed E-state index contributed by atoms with van der Waals surface area (Å²) >= 11 is 11.4. The predicted molar refractivity (Wildman–Crippen MR) is 62.2 cm³/mol. The van der Waals surface area contributed by atoms with Gasteiger partial charge in [0.1, 0.15) is 0 Å². The van der Waals surface area contributed by atoms with Crippen molar-refractivity contribution in [3.05, 3.63) is 39.9 Å². The van der Waals surface area contributed by atoms with Crippen molar-refractivity contribution in [2.75, 3.05) is 0 Å². The molecule has 0 radical (unpaired) electrons. The Hall–Kier alpha value is -0.710. The van der Waals surface area contributed by atoms with E-state index in [1.165, 1.54) is 18.2 Å². The third kappa shape index (κ3) is 3.63. The Kier molecular flexibility index (Phi) is 4.12. The largest absolute Gasteiger partial charge is 0.420 e. The number of alkyl halides is 3. The topological polar surface area (TPSA) is 20.2 Å². The Balaban J connectivity index is 2.95. The third-order valence-electron chi connectivity index (χ3n) is 2.12. The van der Waals surface area contributed by atoms with Gasteiger partial charge in [0.15, 0.2) is 5.60 Å². The van der Waals surface area contributed by atoms with E-state index in [1.807, 2.05) is 0 Å². The Bertz CT molecular complexity index is 439. The smallest absolute Gasteiger partial charge is 0.377 e. The molecule has 0 aromatic heterocycles. The highest BCUT2D eigenvalue weighted by molar-refractivity contribution is 6.42. The molecule has 0 aliphatic carbocycles. The van der Waals surface area contributed by atoms with Crippen LogP contribution in [0, 0.1) is 0 Å². The SMILES string of the molecule is CC(O)(/C=C/c1ccc(Cl)c(Cl)c1)C(F)(F)F. The van der Waals surface area contributed by atoms with Gasteiger partial charge in [0.25, 0.3) is 0 Å². The summed E-state index contributed by atoms with van der Waals surface area (Å²) in [6, 6.07) is 4.37. The van der Waals surface area contributed by atoms with Crippen LogP contribution in [0.2, 0.25) is 10.0 Å². The molecule has 0 fully saturated rings. The minimum absolute atomic E-state index is 0.237. The molecule has 1 rings (SSSR count). The molecule has 0 aliphatic heterocycles. The lowest BCUT2D eigenvalue weighted by Crippen LogP contribution is -2.39. The first-order valence-corrected chi connectivity index (χ1v) is 5.32. The number of hydrogen-bond acceptors (Lipinski definition) is 1. The first-order valence-electron chi connectivity index (χ1n) is 4.57. The molecule has 0 spiro atoms. The fourth-order valence-electron chi connectivity index (χ4n) is 0.969. The van der Waals surface area contributed by atoms with Gasteiger partial charge in [-0.05, 0) is 30.7 Å². The summed E-state index contributed by atoms with van der Waals surface area (Å²) in [6.07, 6.45) is -2.93. The van der Waals surface area contributed by atoms with Gasteiger partial charge in [0.2, 0.25) is 0 Å². The molecule has 17 heavy (non-hydrogen) atoms. The van der Waals surface area contributed by atoms with Crippen LogP contribution in [0.25, 0.3) is 6.08 Å². The zero-order valence-corrected chi connectivity index (χ0v) is 10.2. The van der Waals surface area contributed by atoms with Crippen LogP contribution in [0.3, 0.4) is 0 Å². The standard InChI is InChI=1S/C11H9Cl2F3O/c1-10(17,11(14,15)16)5-4-7-2-3-8(12)9(13)6-7/h2-6,17H,1H3/b5-4+. The van der Waals surface area contributed by atoms with Crippen molar-refractivity contribution in [3.63, 3.8) is 0 Å². The Morgan fingerprint density at radius 3 is 2.24 bits per heavy atom. The van der Waals surface area contributed by atoms with Crippen molar-refractivity contribution in [1.82, 2.24) is 0 Å². The fraction of sp³-hybridized carbons (Fsp3) is 0.273. The summed E-state index contributed by atoms with van der Waals surface area (Å²) in [7, 11) is 0. The average Bonchev–Trinajstić information content (AvgIpc) is 2.18. The van der Waals surface area contributed by atoms with E-state index in [1.54, 1.807) is 0 Å². The lowest BCUT2D eigenvalue weighted by molar-refractivity contribution is -0.232. The number of hydrogen-bond donors (Lipinski definition) is 1. The van der Waals surface area contributed by atoms with E-state index in [0.29, 0.717) is 23.6 Å². The first kappa shape index (κ1) is 14.4. The lowest BCUT2D eigenvalue weighted by atomic mass is 10.0. The molecular formula is C11H9Cl2F3O. The van der Waals surface area contributed by atoms with Crippen molar-refractivity contribution in [2.45, 2.75) is 18.7 Å². The Labute approximate surface area is 106 Å². The highest BCUT2D eigenvalue weighted by Crippen LogP contribution is 2.32. The van der Waals surface area contributed by atoms with Gasteiger partial charge in [0.05, 0.1) is 10.0 Å². The highest BCUT2D eigenvalue weighted by atomic mass is 35.5. The van der Waals surface area contributed by atoms with Crippen molar-refractivity contribution in [1.29, 1.82) is 0 Å². The molecule has 0 aliphatic rings. The number of rotatable bonds is 2. The van der Waals surface area contributed by atoms with E-state index in [9.17, 15) is 13.2 Å². The second-order valence-electron chi connectivity index (χ2n) is 3.65. The summed E-state index contributed by atoms with van der Waals surface area (Å²) in [4.78, 5) is 0. The summed E-state index contributed by atoms with van der Waals surface area (Å²) in [5, 5.41) is 9.71. The van der Waals surface area contributed by atoms with Crippen molar-refractivity contribution < 1.29 is 18.3 Å². The van der Waals surface area contributed by atoms with Crippen LogP contribution in [0.1, 0.15) is 12.5 Å². The van der Waals surface area contributed by atoms with Crippen LogP contribution in [-0.2, 0) is 0 Å². The molecule has 0 bridgehead atoms. The maximum Gasteiger partial charge on any atom is 0.420 e. The Morgan fingerprint density at radius 1 is 1.18 bits per heavy atom. The van der Waals surface area contributed by atoms with Crippen molar-refractivity contribution in [2.24, 2.45) is 0 Å². The molecule has 1 aromatic carbocycles. The van der Waals surface area contributed by atoms with Crippen molar-refractivity contribution in [3.8, 4) is 0 Å². The lowest BCUT2D eigenvalue weighted by Gasteiger charge is -2.22. The molecule has 1 atom stereocenters. The molecule has 6 heteroatoms. The molecular weight excluding hydrogens is 276 g/mol. The maximum absolute atomic E-state index is 12.3. The number of aliphatic hydroxyl groups is 1. The highest BCUT2D eigenvalue weighted by Gasteiger charge is 2.47. The molecule has 1 N–H and O–H groups in total. The molecule has 1 aromatic rings. The molecule has 0 heterocycles. The number of benzene rings is 1. The van der Waals surface area contributed by atoms with Crippen LogP contribution in [0.4, 0.5) is 13.2 Å². The minimum atomic E-state index is -4.72. The molecule has 1 unspecified atom stereocenters. The second kappa shape index (κ2) is 4.88. The number of halogens is 5. The van der Waals surface area contributed by atoms with Crippen LogP contribution < -0.4 is 0 Å². The van der Waals surface area contributed by atoms with Gasteiger partial charge in [-0.2, -0.15) is 13.2 Å². The zero-order chi connectivity index (χ0) is 13.3. The molecule has 0 saturated carbocycles. The molecule has 0 amide bonds. The van der Waals surface area contributed by atoms with Crippen LogP contribution in [-0.4, -0.2) is 16.9 Å². The quantitative estimate of drug-likeness (QED) is 0.858. The fourth-order valence-corrected chi connectivity index (χ4v) is 1.28. The summed E-state index contributed by atoms with van der Waals surface area (Å²) in [5.41, 5.74) is -2.46. The first-order chi connectivity index (χ1) is 7.63. The van der Waals surface area contributed by atoms with E-state index in [2.05, 4.69) is 0 Å². The predicted octanol–water partition coefficient (Wildman–Crippen LogP) is 4.32. The van der Waals surface area contributed by atoms with Gasteiger partial charge in [-0.15, -0.1) is 0 Å². The molecule has 0 saturated heterocycles. The average molecular weight is 285 g/mol. The second-order valence-corrected chi connectivity index (χ2v) is 4.47. The van der Waals surface area contributed by atoms with Crippen molar-refractivity contribution >= 4 is 29.3 Å². The maximum atomic E-state index is 12.3. The summed E-state index contributed by atoms with van der Waals surface area (Å²) in [5.74, 6) is 0. The molecule has 94 valence electrons. The van der Waals surface area contributed by atoms with Gasteiger partial charge in [0, 0.05) is 0 Å². The monoisotopic (exact) mass is 284 g/mol. The van der Waals surface area contributed by atoms with E-state index >= 15 is 0 Å². The van der Waals surface area contributed by atoms with Gasteiger partial charge < -0.3 is 5.11 Å². The van der Waals surface area contributed by atoms with Gasteiger partial charge >= 0.3 is 6.18 Å². The van der Waals surface area contributed by atoms with E-state index < -0.39 is 11.8 Å². The normalized spacial score (nSPS) is 16.2. The van der Waals surface area contributed by atoms with Gasteiger partial charge in [-0.3, -0.25) is 0 Å². The zero-order valence-electron chi connectivity index (χ0n) is 8.72. The van der Waals surface area contributed by atoms with Crippen LogP contribution in [0.5, 0.6) is 0 Å². The van der Waals surface area contributed by atoms with Crippen LogP contribution in [0.15, 0.2) is 24.3 Å². The van der Waals surface area contributed by atoms with Gasteiger partial charge in [-0.25, -0.2) is 0 Å². The van der Waals surface area contributed by atoms with E-state index in [-0.39, 0.29) is 5.02 Å². The third-order valence-corrected chi connectivity index (χ3v) is 2.86. The van der Waals surface area contributed by atoms with Gasteiger partial charge in [-0.1, -0.05) is 35.3 Å². The summed E-state index contributed by atoms with van der Waals surface area (Å²) < 4.78 is 37.0.